The number of thiophene rings is 1. The lowest BCUT2D eigenvalue weighted by Gasteiger charge is -1.92. The second-order valence-electron chi connectivity index (χ2n) is 2.79. The van der Waals surface area contributed by atoms with E-state index < -0.39 is 0 Å². The predicted octanol–water partition coefficient (Wildman–Crippen LogP) is 3.21. The Labute approximate surface area is 84.9 Å². The first-order chi connectivity index (χ1) is 6.27. The van der Waals surface area contributed by atoms with Crippen LogP contribution in [0.2, 0.25) is 0 Å². The van der Waals surface area contributed by atoms with Gasteiger partial charge in [0.1, 0.15) is 0 Å². The van der Waals surface area contributed by atoms with Crippen LogP contribution < -0.4 is 0 Å². The van der Waals surface area contributed by atoms with Crippen molar-refractivity contribution in [2.75, 3.05) is 0 Å². The summed E-state index contributed by atoms with van der Waals surface area (Å²) in [5.41, 5.74) is 1.03. The molecule has 0 atom stereocenters. The molecule has 2 aromatic rings. The smallest absolute Gasteiger partial charge is 0.226 e. The van der Waals surface area contributed by atoms with Crippen LogP contribution in [0.3, 0.4) is 0 Å². The van der Waals surface area contributed by atoms with E-state index in [9.17, 15) is 4.79 Å². The number of carbonyl (C=O) groups is 1. The van der Waals surface area contributed by atoms with Crippen molar-refractivity contribution in [3.05, 3.63) is 35.2 Å². The minimum absolute atomic E-state index is 0.302. The third-order valence-electron chi connectivity index (χ3n) is 1.89. The second-order valence-corrected chi connectivity index (χ2v) is 4.12. The average molecular weight is 211 g/mol. The second kappa shape index (κ2) is 3.48. The lowest BCUT2D eigenvalue weighted by atomic mass is 10.1. The van der Waals surface area contributed by atoms with Crippen molar-refractivity contribution < 1.29 is 4.79 Å². The molecule has 0 saturated carbocycles. The van der Waals surface area contributed by atoms with Gasteiger partial charge in [0, 0.05) is 11.1 Å². The van der Waals surface area contributed by atoms with Gasteiger partial charge in [-0.2, -0.15) is 0 Å². The van der Waals surface area contributed by atoms with E-state index in [-0.39, 0.29) is 5.24 Å². The molecule has 66 valence electrons. The van der Waals surface area contributed by atoms with Crippen LogP contribution in [0.1, 0.15) is 5.56 Å². The number of rotatable bonds is 2. The van der Waals surface area contributed by atoms with Gasteiger partial charge >= 0.3 is 0 Å². The van der Waals surface area contributed by atoms with Gasteiger partial charge in [-0.25, -0.2) is 0 Å². The van der Waals surface area contributed by atoms with Crippen molar-refractivity contribution in [3.63, 3.8) is 0 Å². The molecule has 0 unspecified atom stereocenters. The summed E-state index contributed by atoms with van der Waals surface area (Å²) in [4.78, 5) is 10.7. The van der Waals surface area contributed by atoms with Crippen LogP contribution in [0.25, 0.3) is 10.1 Å². The Hall–Kier alpha value is -0.860. The fourth-order valence-electron chi connectivity index (χ4n) is 1.32. The molecule has 0 aliphatic carbocycles. The summed E-state index contributed by atoms with van der Waals surface area (Å²) >= 11 is 6.98. The number of hydrogen-bond acceptors (Lipinski definition) is 2. The Balaban J connectivity index is 2.51. The number of hydrogen-bond donors (Lipinski definition) is 0. The molecule has 1 aromatic heterocycles. The zero-order chi connectivity index (χ0) is 9.26. The molecular weight excluding hydrogens is 204 g/mol. The topological polar surface area (TPSA) is 17.1 Å². The Bertz CT molecular complexity index is 447. The Morgan fingerprint density at radius 2 is 2.15 bits per heavy atom. The van der Waals surface area contributed by atoms with E-state index in [1.165, 1.54) is 4.70 Å². The summed E-state index contributed by atoms with van der Waals surface area (Å²) in [6.45, 7) is 0. The molecule has 0 aliphatic rings. The standard InChI is InChI=1S/C10H7ClOS/c11-10(12)5-7-6-13-9-4-2-1-3-8(7)9/h1-4,6H,5H2. The molecular formula is C10H7ClOS. The molecule has 0 saturated heterocycles. The molecule has 13 heavy (non-hydrogen) atoms. The van der Waals surface area contributed by atoms with Gasteiger partial charge in [0.05, 0.1) is 0 Å². The summed E-state index contributed by atoms with van der Waals surface area (Å²) in [5.74, 6) is 0. The third-order valence-corrected chi connectivity index (χ3v) is 3.04. The normalized spacial score (nSPS) is 10.5. The highest BCUT2D eigenvalue weighted by Gasteiger charge is 2.05. The maximum absolute atomic E-state index is 10.7. The number of fused-ring (bicyclic) bond motifs is 1. The van der Waals surface area contributed by atoms with Crippen LogP contribution in [0.15, 0.2) is 29.6 Å². The van der Waals surface area contributed by atoms with Crippen molar-refractivity contribution in [2.24, 2.45) is 0 Å². The summed E-state index contributed by atoms with van der Waals surface area (Å²) in [6, 6.07) is 8.02. The number of carbonyl (C=O) groups excluding carboxylic acids is 1. The van der Waals surface area contributed by atoms with Crippen LogP contribution in [0.4, 0.5) is 0 Å². The molecule has 3 heteroatoms. The van der Waals surface area contributed by atoms with Crippen LogP contribution in [0.5, 0.6) is 0 Å². The molecule has 1 nitrogen and oxygen atoms in total. The van der Waals surface area contributed by atoms with E-state index >= 15 is 0 Å². The Morgan fingerprint density at radius 1 is 1.38 bits per heavy atom. The van der Waals surface area contributed by atoms with Crippen molar-refractivity contribution in [1.82, 2.24) is 0 Å². The molecule has 1 aromatic carbocycles. The first kappa shape index (κ1) is 8.73. The molecule has 0 amide bonds. The summed E-state index contributed by atoms with van der Waals surface area (Å²) in [7, 11) is 0. The lowest BCUT2D eigenvalue weighted by molar-refractivity contribution is -0.111. The fraction of sp³-hybridized carbons (Fsp3) is 0.100. The minimum Gasteiger partial charge on any atom is -0.281 e. The summed E-state index contributed by atoms with van der Waals surface area (Å²) < 4.78 is 1.20. The fourth-order valence-corrected chi connectivity index (χ4v) is 2.43. The van der Waals surface area contributed by atoms with Crippen molar-refractivity contribution in [3.8, 4) is 0 Å². The van der Waals surface area contributed by atoms with E-state index in [2.05, 4.69) is 0 Å². The highest BCUT2D eigenvalue weighted by molar-refractivity contribution is 7.17. The van der Waals surface area contributed by atoms with E-state index in [4.69, 9.17) is 11.6 Å². The highest BCUT2D eigenvalue weighted by atomic mass is 35.5. The van der Waals surface area contributed by atoms with Crippen LogP contribution in [0, 0.1) is 0 Å². The van der Waals surface area contributed by atoms with Gasteiger partial charge in [-0.05, 0) is 34.0 Å². The van der Waals surface area contributed by atoms with E-state index in [0.717, 1.165) is 10.9 Å². The largest absolute Gasteiger partial charge is 0.281 e. The van der Waals surface area contributed by atoms with Gasteiger partial charge in [-0.3, -0.25) is 4.79 Å². The number of halogens is 1. The van der Waals surface area contributed by atoms with Gasteiger partial charge in [0.25, 0.3) is 0 Å². The highest BCUT2D eigenvalue weighted by Crippen LogP contribution is 2.26. The minimum atomic E-state index is -0.302. The number of benzene rings is 1. The molecule has 0 bridgehead atoms. The first-order valence-electron chi connectivity index (χ1n) is 3.91. The monoisotopic (exact) mass is 210 g/mol. The molecule has 2 rings (SSSR count). The molecule has 0 N–H and O–H groups in total. The van der Waals surface area contributed by atoms with Gasteiger partial charge in [0.2, 0.25) is 5.24 Å². The van der Waals surface area contributed by atoms with Gasteiger partial charge in [-0.15, -0.1) is 11.3 Å². The first-order valence-corrected chi connectivity index (χ1v) is 5.16. The molecule has 0 radical (unpaired) electrons. The third kappa shape index (κ3) is 1.74. The van der Waals surface area contributed by atoms with Crippen molar-refractivity contribution in [1.29, 1.82) is 0 Å². The maximum atomic E-state index is 10.7. The average Bonchev–Trinajstić information content (AvgIpc) is 2.48. The quantitative estimate of drug-likeness (QED) is 0.696. The van der Waals surface area contributed by atoms with Gasteiger partial charge in [0.15, 0.2) is 0 Å². The zero-order valence-electron chi connectivity index (χ0n) is 6.79. The van der Waals surface area contributed by atoms with Crippen molar-refractivity contribution >= 4 is 38.3 Å². The SMILES string of the molecule is O=C(Cl)Cc1csc2ccccc12. The van der Waals surface area contributed by atoms with Crippen LogP contribution in [-0.2, 0) is 11.2 Å². The van der Waals surface area contributed by atoms with Crippen molar-refractivity contribution in [2.45, 2.75) is 6.42 Å². The molecule has 1 heterocycles. The van der Waals surface area contributed by atoms with Crippen LogP contribution >= 0.6 is 22.9 Å². The van der Waals surface area contributed by atoms with E-state index in [1.807, 2.05) is 29.6 Å². The Morgan fingerprint density at radius 3 is 2.92 bits per heavy atom. The van der Waals surface area contributed by atoms with E-state index in [0.29, 0.717) is 6.42 Å². The maximum Gasteiger partial charge on any atom is 0.226 e. The summed E-state index contributed by atoms with van der Waals surface area (Å²) in [5, 5.41) is 2.83. The zero-order valence-corrected chi connectivity index (χ0v) is 8.36. The van der Waals surface area contributed by atoms with Gasteiger partial charge < -0.3 is 0 Å². The molecule has 0 aliphatic heterocycles. The van der Waals surface area contributed by atoms with E-state index in [1.54, 1.807) is 11.3 Å². The Kier molecular flexibility index (Phi) is 2.34. The lowest BCUT2D eigenvalue weighted by Crippen LogP contribution is -1.90. The molecule has 0 fully saturated rings. The molecule has 0 spiro atoms. The predicted molar refractivity (Wildman–Crippen MR) is 56.4 cm³/mol. The van der Waals surface area contributed by atoms with Crippen LogP contribution in [-0.4, -0.2) is 5.24 Å². The van der Waals surface area contributed by atoms with Gasteiger partial charge in [-0.1, -0.05) is 18.2 Å². The summed E-state index contributed by atoms with van der Waals surface area (Å²) in [6.07, 6.45) is 0.325.